The Labute approximate surface area is 234 Å². The van der Waals surface area contributed by atoms with E-state index in [0.717, 1.165) is 15.4 Å². The Morgan fingerprint density at radius 3 is 2.11 bits per heavy atom. The molecule has 7 nitrogen and oxygen atoms in total. The number of amides is 2. The van der Waals surface area contributed by atoms with Gasteiger partial charge in [0.2, 0.25) is 21.8 Å². The van der Waals surface area contributed by atoms with Crippen molar-refractivity contribution in [3.05, 3.63) is 99.5 Å². The number of sulfonamides is 1. The van der Waals surface area contributed by atoms with Gasteiger partial charge in [-0.05, 0) is 43.7 Å². The number of halogens is 2. The minimum Gasteiger partial charge on any atom is -0.355 e. The van der Waals surface area contributed by atoms with Crippen LogP contribution in [-0.2, 0) is 32.6 Å². The second-order valence-corrected chi connectivity index (χ2v) is 11.8. The summed E-state index contributed by atoms with van der Waals surface area (Å²) in [4.78, 5) is 28.5. The van der Waals surface area contributed by atoms with E-state index in [1.807, 2.05) is 37.3 Å². The first-order valence-corrected chi connectivity index (χ1v) is 14.3. The van der Waals surface area contributed by atoms with Crippen LogP contribution in [0.3, 0.4) is 0 Å². The summed E-state index contributed by atoms with van der Waals surface area (Å²) in [5.41, 5.74) is 2.22. The maximum absolute atomic E-state index is 13.8. The summed E-state index contributed by atoms with van der Waals surface area (Å²) < 4.78 is 27.4. The van der Waals surface area contributed by atoms with Crippen molar-refractivity contribution >= 4 is 45.0 Å². The Hall–Kier alpha value is -2.91. The molecule has 1 unspecified atom stereocenters. The number of carbonyl (C=O) groups excluding carboxylic acids is 2. The van der Waals surface area contributed by atoms with E-state index in [2.05, 4.69) is 5.32 Å². The molecule has 0 saturated heterocycles. The first kappa shape index (κ1) is 29.6. The molecule has 3 aromatic rings. The van der Waals surface area contributed by atoms with Crippen LogP contribution < -0.4 is 5.32 Å². The SMILES string of the molecule is CCNC(=O)C(Cc1ccccc1)N(Cc1c(Cl)cccc1Cl)C(=O)CN(C)S(=O)(=O)c1ccc(C)cc1. The van der Waals surface area contributed by atoms with Crippen molar-refractivity contribution in [2.75, 3.05) is 20.1 Å². The Morgan fingerprint density at radius 2 is 1.53 bits per heavy atom. The number of hydrogen-bond donors (Lipinski definition) is 1. The minimum atomic E-state index is -3.96. The number of likely N-dealkylation sites (N-methyl/N-ethyl adjacent to an activating group) is 2. The third kappa shape index (κ3) is 7.35. The van der Waals surface area contributed by atoms with Crippen molar-refractivity contribution in [2.45, 2.75) is 37.8 Å². The van der Waals surface area contributed by atoms with Gasteiger partial charge in [-0.15, -0.1) is 0 Å². The molecule has 38 heavy (non-hydrogen) atoms. The highest BCUT2D eigenvalue weighted by atomic mass is 35.5. The maximum atomic E-state index is 13.8. The summed E-state index contributed by atoms with van der Waals surface area (Å²) in [5.74, 6) is -0.928. The lowest BCUT2D eigenvalue weighted by molar-refractivity contribution is -0.141. The van der Waals surface area contributed by atoms with Crippen molar-refractivity contribution in [3.8, 4) is 0 Å². The molecular weight excluding hydrogens is 545 g/mol. The van der Waals surface area contributed by atoms with Crippen LogP contribution >= 0.6 is 23.2 Å². The number of carbonyl (C=O) groups is 2. The van der Waals surface area contributed by atoms with Crippen LogP contribution in [-0.4, -0.2) is 55.6 Å². The van der Waals surface area contributed by atoms with Crippen LogP contribution in [0.25, 0.3) is 0 Å². The normalized spacial score (nSPS) is 12.3. The van der Waals surface area contributed by atoms with Crippen LogP contribution in [0.5, 0.6) is 0 Å². The first-order chi connectivity index (χ1) is 18.0. The van der Waals surface area contributed by atoms with Gasteiger partial charge in [-0.25, -0.2) is 8.42 Å². The van der Waals surface area contributed by atoms with E-state index in [-0.39, 0.29) is 23.8 Å². The highest BCUT2D eigenvalue weighted by molar-refractivity contribution is 7.89. The molecule has 0 aromatic heterocycles. The molecule has 3 aromatic carbocycles. The zero-order valence-corrected chi connectivity index (χ0v) is 23.9. The molecule has 0 saturated carbocycles. The average Bonchev–Trinajstić information content (AvgIpc) is 2.88. The first-order valence-electron chi connectivity index (χ1n) is 12.1. The predicted molar refractivity (Wildman–Crippen MR) is 151 cm³/mol. The van der Waals surface area contributed by atoms with Crippen LogP contribution in [0.2, 0.25) is 10.0 Å². The second kappa shape index (κ2) is 13.2. The lowest BCUT2D eigenvalue weighted by atomic mass is 10.0. The molecule has 0 radical (unpaired) electrons. The molecule has 1 atom stereocenters. The molecule has 0 fully saturated rings. The Bertz CT molecular complexity index is 1350. The quantitative estimate of drug-likeness (QED) is 0.359. The van der Waals surface area contributed by atoms with Crippen LogP contribution in [0.15, 0.2) is 77.7 Å². The van der Waals surface area contributed by atoms with E-state index >= 15 is 0 Å². The monoisotopic (exact) mass is 575 g/mol. The van der Waals surface area contributed by atoms with Gasteiger partial charge in [0.25, 0.3) is 0 Å². The van der Waals surface area contributed by atoms with E-state index in [1.165, 1.54) is 24.1 Å². The predicted octanol–water partition coefficient (Wildman–Crippen LogP) is 4.70. The molecule has 0 spiro atoms. The smallest absolute Gasteiger partial charge is 0.243 e. The summed E-state index contributed by atoms with van der Waals surface area (Å²) in [6.07, 6.45) is 0.217. The summed E-state index contributed by atoms with van der Waals surface area (Å²) in [6.45, 7) is 3.44. The molecule has 0 heterocycles. The van der Waals surface area contributed by atoms with Gasteiger partial charge in [-0.2, -0.15) is 4.31 Å². The summed E-state index contributed by atoms with van der Waals surface area (Å²) in [7, 11) is -2.62. The second-order valence-electron chi connectivity index (χ2n) is 8.90. The van der Waals surface area contributed by atoms with E-state index in [0.29, 0.717) is 22.2 Å². The van der Waals surface area contributed by atoms with E-state index in [1.54, 1.807) is 37.3 Å². The number of rotatable bonds is 11. The molecule has 3 rings (SSSR count). The molecule has 10 heteroatoms. The molecular formula is C28H31Cl2N3O4S. The molecule has 1 N–H and O–H groups in total. The van der Waals surface area contributed by atoms with Crippen LogP contribution in [0.4, 0.5) is 0 Å². The molecule has 202 valence electrons. The largest absolute Gasteiger partial charge is 0.355 e. The number of nitrogens with zero attached hydrogens (tertiary/aromatic N) is 2. The van der Waals surface area contributed by atoms with Gasteiger partial charge in [0, 0.05) is 42.2 Å². The molecule has 2 amide bonds. The van der Waals surface area contributed by atoms with Crippen LogP contribution in [0, 0.1) is 6.92 Å². The van der Waals surface area contributed by atoms with Gasteiger partial charge < -0.3 is 10.2 Å². The van der Waals surface area contributed by atoms with Gasteiger partial charge in [0.05, 0.1) is 11.4 Å². The zero-order chi connectivity index (χ0) is 27.9. The van der Waals surface area contributed by atoms with Gasteiger partial charge >= 0.3 is 0 Å². The van der Waals surface area contributed by atoms with Gasteiger partial charge in [0.15, 0.2) is 0 Å². The highest BCUT2D eigenvalue weighted by Crippen LogP contribution is 2.27. The minimum absolute atomic E-state index is 0.0728. The van der Waals surface area contributed by atoms with Crippen molar-refractivity contribution in [3.63, 3.8) is 0 Å². The Kier molecular flexibility index (Phi) is 10.3. The number of aryl methyl sites for hydroxylation is 1. The standard InChI is InChI=1S/C28H31Cl2N3O4S/c1-4-31-28(35)26(17-21-9-6-5-7-10-21)33(18-23-24(29)11-8-12-25(23)30)27(34)19-32(3)38(36,37)22-15-13-20(2)14-16-22/h5-16,26H,4,17-19H2,1-3H3,(H,31,35). The maximum Gasteiger partial charge on any atom is 0.243 e. The fourth-order valence-electron chi connectivity index (χ4n) is 3.96. The lowest BCUT2D eigenvalue weighted by Gasteiger charge is -2.33. The van der Waals surface area contributed by atoms with E-state index < -0.39 is 28.5 Å². The molecule has 0 aliphatic heterocycles. The van der Waals surface area contributed by atoms with E-state index in [9.17, 15) is 18.0 Å². The number of nitrogens with one attached hydrogen (secondary N) is 1. The summed E-state index contributed by atoms with van der Waals surface area (Å²) >= 11 is 12.9. The highest BCUT2D eigenvalue weighted by Gasteiger charge is 2.33. The summed E-state index contributed by atoms with van der Waals surface area (Å²) in [5, 5.41) is 3.48. The zero-order valence-electron chi connectivity index (χ0n) is 21.5. The fraction of sp³-hybridized carbons (Fsp3) is 0.286. The van der Waals surface area contributed by atoms with Crippen LogP contribution in [0.1, 0.15) is 23.6 Å². The Morgan fingerprint density at radius 1 is 0.921 bits per heavy atom. The van der Waals surface area contributed by atoms with E-state index in [4.69, 9.17) is 23.2 Å². The number of benzene rings is 3. The van der Waals surface area contributed by atoms with Gasteiger partial charge in [0.1, 0.15) is 6.04 Å². The average molecular weight is 577 g/mol. The Balaban J connectivity index is 2.00. The number of hydrogen-bond acceptors (Lipinski definition) is 4. The topological polar surface area (TPSA) is 86.8 Å². The van der Waals surface area contributed by atoms with Crippen molar-refractivity contribution in [1.29, 1.82) is 0 Å². The molecule has 0 bridgehead atoms. The third-order valence-electron chi connectivity index (χ3n) is 6.10. The fourth-order valence-corrected chi connectivity index (χ4v) is 5.59. The van der Waals surface area contributed by atoms with Gasteiger partial charge in [-0.1, -0.05) is 77.3 Å². The molecule has 0 aliphatic rings. The van der Waals surface area contributed by atoms with Crippen molar-refractivity contribution < 1.29 is 18.0 Å². The van der Waals surface area contributed by atoms with Crippen molar-refractivity contribution in [1.82, 2.24) is 14.5 Å². The van der Waals surface area contributed by atoms with Crippen molar-refractivity contribution in [2.24, 2.45) is 0 Å². The summed E-state index contributed by atoms with van der Waals surface area (Å²) in [6, 6.07) is 19.7. The molecule has 0 aliphatic carbocycles. The van der Waals surface area contributed by atoms with Gasteiger partial charge in [-0.3, -0.25) is 9.59 Å². The third-order valence-corrected chi connectivity index (χ3v) is 8.63. The lowest BCUT2D eigenvalue weighted by Crippen LogP contribution is -2.53.